The number of hydrogen-bond acceptors (Lipinski definition) is 10. The molecular weight excluding hydrogens is 348 g/mol. The van der Waals surface area contributed by atoms with E-state index in [0.717, 1.165) is 0 Å². The Morgan fingerprint density at radius 3 is 2.00 bits per heavy atom. The van der Waals surface area contributed by atoms with Gasteiger partial charge in [-0.15, -0.1) is 0 Å². The molecule has 0 aromatic heterocycles. The van der Waals surface area contributed by atoms with Crippen LogP contribution in [0.2, 0.25) is 0 Å². The molecule has 9 unspecified atom stereocenters. The van der Waals surface area contributed by atoms with E-state index in [4.69, 9.17) is 24.4 Å². The number of aliphatic carboxylic acids is 2. The van der Waals surface area contributed by atoms with Crippen LogP contribution >= 0.6 is 0 Å². The minimum Gasteiger partial charge on any atom is -0.479 e. The third-order valence-electron chi connectivity index (χ3n) is 4.04. The van der Waals surface area contributed by atoms with Crippen molar-refractivity contribution in [1.29, 1.82) is 0 Å². The van der Waals surface area contributed by atoms with Crippen molar-refractivity contribution < 1.29 is 59.2 Å². The van der Waals surface area contributed by atoms with Crippen LogP contribution in [0.15, 0.2) is 0 Å². The lowest BCUT2D eigenvalue weighted by Gasteiger charge is -2.42. The summed E-state index contributed by atoms with van der Waals surface area (Å²) in [7, 11) is 1.19. The number of aliphatic hydroxyl groups excluding tert-OH is 4. The molecule has 25 heavy (non-hydrogen) atoms. The van der Waals surface area contributed by atoms with E-state index in [-0.39, 0.29) is 6.42 Å². The summed E-state index contributed by atoms with van der Waals surface area (Å²) in [4.78, 5) is 22.5. The van der Waals surface area contributed by atoms with Gasteiger partial charge in [-0.2, -0.15) is 0 Å². The predicted octanol–water partition coefficient (Wildman–Crippen LogP) is -3.53. The summed E-state index contributed by atoms with van der Waals surface area (Å²) in [5, 5.41) is 57.2. The summed E-state index contributed by atoms with van der Waals surface area (Å²) in [6.07, 6.45) is -15.0. The van der Waals surface area contributed by atoms with Gasteiger partial charge in [-0.3, -0.25) is 0 Å². The van der Waals surface area contributed by atoms with Crippen molar-refractivity contribution in [3.63, 3.8) is 0 Å². The second-order valence-electron chi connectivity index (χ2n) is 5.70. The molecule has 2 aliphatic heterocycles. The van der Waals surface area contributed by atoms with Gasteiger partial charge in [-0.1, -0.05) is 0 Å². The third-order valence-corrected chi connectivity index (χ3v) is 4.04. The Kier molecular flexibility index (Phi) is 6.29. The molecule has 2 aliphatic rings. The first-order chi connectivity index (χ1) is 11.7. The van der Waals surface area contributed by atoms with Crippen LogP contribution in [0, 0.1) is 0 Å². The predicted molar refractivity (Wildman–Crippen MR) is 73.1 cm³/mol. The number of hydrogen-bond donors (Lipinski definition) is 6. The third kappa shape index (κ3) is 4.07. The van der Waals surface area contributed by atoms with Crippen LogP contribution in [0.5, 0.6) is 0 Å². The Morgan fingerprint density at radius 1 is 0.920 bits per heavy atom. The average molecular weight is 368 g/mol. The van der Waals surface area contributed by atoms with Gasteiger partial charge in [0.25, 0.3) is 0 Å². The van der Waals surface area contributed by atoms with Gasteiger partial charge in [0.2, 0.25) is 0 Å². The Morgan fingerprint density at radius 2 is 1.48 bits per heavy atom. The van der Waals surface area contributed by atoms with Gasteiger partial charge < -0.3 is 49.6 Å². The van der Waals surface area contributed by atoms with Crippen LogP contribution in [0.25, 0.3) is 0 Å². The zero-order valence-electron chi connectivity index (χ0n) is 13.0. The molecule has 2 heterocycles. The highest BCUT2D eigenvalue weighted by atomic mass is 16.7. The maximum atomic E-state index is 11.2. The minimum atomic E-state index is -1.95. The standard InChI is InChI=1S/C13H20O12/c1-22-7-3(14)2-4(24-9(7)11(17)18)23-8-5(15)6(16)13(21)25-10(8)12(19)20/h3-10,13-16,21H,2H2,1H3,(H,17,18)(H,19,20). The molecule has 6 N–H and O–H groups in total. The molecule has 0 bridgehead atoms. The molecule has 2 fully saturated rings. The molecule has 2 rings (SSSR count). The Hall–Kier alpha value is -1.38. The number of carbonyl (C=O) groups is 2. The van der Waals surface area contributed by atoms with Crippen LogP contribution in [-0.4, -0.2) is 105 Å². The minimum absolute atomic E-state index is 0.281. The van der Waals surface area contributed by atoms with Crippen LogP contribution in [-0.2, 0) is 28.5 Å². The van der Waals surface area contributed by atoms with Gasteiger partial charge in [0, 0.05) is 13.5 Å². The van der Waals surface area contributed by atoms with Crippen molar-refractivity contribution >= 4 is 11.9 Å². The summed E-state index contributed by atoms with van der Waals surface area (Å²) in [6.45, 7) is 0. The lowest BCUT2D eigenvalue weighted by Crippen LogP contribution is -2.62. The molecule has 9 atom stereocenters. The van der Waals surface area contributed by atoms with E-state index in [0.29, 0.717) is 0 Å². The lowest BCUT2D eigenvalue weighted by atomic mass is 9.97. The summed E-state index contributed by atoms with van der Waals surface area (Å²) in [6, 6.07) is 0. The average Bonchev–Trinajstić information content (AvgIpc) is 2.54. The Balaban J connectivity index is 2.15. The van der Waals surface area contributed by atoms with Crippen molar-refractivity contribution in [3.05, 3.63) is 0 Å². The van der Waals surface area contributed by atoms with Gasteiger partial charge in [0.15, 0.2) is 24.8 Å². The van der Waals surface area contributed by atoms with E-state index in [2.05, 4.69) is 4.74 Å². The second kappa shape index (κ2) is 7.88. The van der Waals surface area contributed by atoms with Crippen LogP contribution in [0.3, 0.4) is 0 Å². The highest BCUT2D eigenvalue weighted by Gasteiger charge is 2.51. The van der Waals surface area contributed by atoms with Crippen LogP contribution < -0.4 is 0 Å². The van der Waals surface area contributed by atoms with Crippen molar-refractivity contribution in [2.75, 3.05) is 7.11 Å². The van der Waals surface area contributed by atoms with Crippen molar-refractivity contribution in [2.45, 2.75) is 61.7 Å². The fraction of sp³-hybridized carbons (Fsp3) is 0.846. The molecule has 144 valence electrons. The van der Waals surface area contributed by atoms with E-state index in [9.17, 15) is 30.0 Å². The van der Waals surface area contributed by atoms with Gasteiger partial charge in [-0.25, -0.2) is 9.59 Å². The molecule has 0 aromatic rings. The molecular formula is C13H20O12. The summed E-state index contributed by atoms with van der Waals surface area (Å²) >= 11 is 0. The summed E-state index contributed by atoms with van der Waals surface area (Å²) in [5.41, 5.74) is 0. The number of methoxy groups -OCH3 is 1. The zero-order chi connectivity index (χ0) is 18.9. The number of carboxylic acid groups (broad SMARTS) is 2. The monoisotopic (exact) mass is 368 g/mol. The first-order valence-corrected chi connectivity index (χ1v) is 7.34. The fourth-order valence-corrected chi connectivity index (χ4v) is 2.77. The maximum absolute atomic E-state index is 11.2. The summed E-state index contributed by atoms with van der Waals surface area (Å²) < 4.78 is 20.0. The highest BCUT2D eigenvalue weighted by Crippen LogP contribution is 2.29. The molecule has 0 saturated carbocycles. The smallest absolute Gasteiger partial charge is 0.335 e. The molecule has 0 radical (unpaired) electrons. The fourth-order valence-electron chi connectivity index (χ4n) is 2.77. The normalized spacial score (nSPS) is 45.1. The molecule has 0 aliphatic carbocycles. The molecule has 12 heteroatoms. The van der Waals surface area contributed by atoms with Gasteiger partial charge >= 0.3 is 11.9 Å². The quantitative estimate of drug-likeness (QED) is 0.280. The van der Waals surface area contributed by atoms with E-state index >= 15 is 0 Å². The molecule has 2 saturated heterocycles. The Bertz CT molecular complexity index is 497. The van der Waals surface area contributed by atoms with E-state index in [1.165, 1.54) is 7.11 Å². The van der Waals surface area contributed by atoms with Gasteiger partial charge in [-0.05, 0) is 0 Å². The molecule has 12 nitrogen and oxygen atoms in total. The van der Waals surface area contributed by atoms with Crippen molar-refractivity contribution in [3.8, 4) is 0 Å². The SMILES string of the molecule is COC1C(O)CC(OC2C(C(=O)O)OC(O)C(O)C2O)OC1C(=O)O. The zero-order valence-corrected chi connectivity index (χ0v) is 13.0. The van der Waals surface area contributed by atoms with E-state index < -0.39 is 67.2 Å². The first kappa shape index (κ1) is 19.9. The van der Waals surface area contributed by atoms with Gasteiger partial charge in [0.1, 0.15) is 24.4 Å². The summed E-state index contributed by atoms with van der Waals surface area (Å²) in [5.74, 6) is -3.03. The van der Waals surface area contributed by atoms with Crippen LogP contribution in [0.1, 0.15) is 6.42 Å². The van der Waals surface area contributed by atoms with Crippen molar-refractivity contribution in [1.82, 2.24) is 0 Å². The Labute approximate surface area is 141 Å². The van der Waals surface area contributed by atoms with E-state index in [1.807, 2.05) is 0 Å². The van der Waals surface area contributed by atoms with Gasteiger partial charge in [0.05, 0.1) is 6.10 Å². The number of carboxylic acids is 2. The molecule has 0 aromatic carbocycles. The second-order valence-corrected chi connectivity index (χ2v) is 5.70. The van der Waals surface area contributed by atoms with Crippen LogP contribution in [0.4, 0.5) is 0 Å². The topological polar surface area (TPSA) is 192 Å². The lowest BCUT2D eigenvalue weighted by molar-refractivity contribution is -0.328. The molecule has 0 spiro atoms. The van der Waals surface area contributed by atoms with E-state index in [1.54, 1.807) is 0 Å². The number of ether oxygens (including phenoxy) is 4. The largest absolute Gasteiger partial charge is 0.479 e. The first-order valence-electron chi connectivity index (χ1n) is 7.34. The highest BCUT2D eigenvalue weighted by molar-refractivity contribution is 5.74. The molecule has 0 amide bonds. The number of aliphatic hydroxyl groups is 4. The maximum Gasteiger partial charge on any atom is 0.335 e. The van der Waals surface area contributed by atoms with Crippen molar-refractivity contribution in [2.24, 2.45) is 0 Å². The number of rotatable bonds is 5.